The van der Waals surface area contributed by atoms with E-state index in [-0.39, 0.29) is 18.0 Å². The Balaban J connectivity index is 1.26. The van der Waals surface area contributed by atoms with Crippen molar-refractivity contribution in [3.8, 4) is 0 Å². The number of anilines is 1. The first-order chi connectivity index (χ1) is 13.5. The molecule has 2 bridgehead atoms. The summed E-state index contributed by atoms with van der Waals surface area (Å²) in [6.45, 7) is 2.25. The van der Waals surface area contributed by atoms with Crippen molar-refractivity contribution in [2.45, 2.75) is 50.3 Å². The number of amides is 1. The summed E-state index contributed by atoms with van der Waals surface area (Å²) in [5.41, 5.74) is 1.64. The summed E-state index contributed by atoms with van der Waals surface area (Å²) in [6.07, 6.45) is 4.81. The first kappa shape index (κ1) is 17.5. The number of aromatic amines is 1. The van der Waals surface area contributed by atoms with Crippen molar-refractivity contribution in [1.29, 1.82) is 0 Å². The zero-order valence-corrected chi connectivity index (χ0v) is 15.8. The zero-order valence-electron chi connectivity index (χ0n) is 15.8. The Morgan fingerprint density at radius 3 is 2.86 bits per heavy atom. The molecule has 1 aromatic carbocycles. The summed E-state index contributed by atoms with van der Waals surface area (Å²) < 4.78 is 5.48. The number of carbonyl (C=O) groups is 1. The van der Waals surface area contributed by atoms with Crippen LogP contribution in [0.2, 0.25) is 0 Å². The number of imidazole rings is 1. The maximum atomic E-state index is 12.7. The number of nitrogens with one attached hydrogen (secondary N) is 2. The molecule has 2 saturated heterocycles. The summed E-state index contributed by atoms with van der Waals surface area (Å²) >= 11 is 0. The van der Waals surface area contributed by atoms with Gasteiger partial charge in [0.05, 0.1) is 23.8 Å². The van der Waals surface area contributed by atoms with E-state index in [2.05, 4.69) is 20.2 Å². The molecule has 4 heterocycles. The van der Waals surface area contributed by atoms with Crippen molar-refractivity contribution in [3.05, 3.63) is 48.2 Å². The van der Waals surface area contributed by atoms with Crippen LogP contribution in [0.5, 0.6) is 0 Å². The SMILES string of the molecule is Cc1nc2ccc(NC(=O)CN3C4CCC3CC(O)(c3ccco3)C4)cc2[nH]1. The quantitative estimate of drug-likeness (QED) is 0.647. The highest BCUT2D eigenvalue weighted by Gasteiger charge is 2.49. The van der Waals surface area contributed by atoms with Crippen molar-refractivity contribution in [1.82, 2.24) is 14.9 Å². The van der Waals surface area contributed by atoms with Crippen molar-refractivity contribution in [2.75, 3.05) is 11.9 Å². The van der Waals surface area contributed by atoms with Gasteiger partial charge < -0.3 is 19.8 Å². The predicted molar refractivity (Wildman–Crippen MR) is 105 cm³/mol. The van der Waals surface area contributed by atoms with E-state index in [0.717, 1.165) is 35.4 Å². The van der Waals surface area contributed by atoms with E-state index in [0.29, 0.717) is 25.1 Å². The molecule has 3 N–H and O–H groups in total. The average molecular weight is 380 g/mol. The predicted octanol–water partition coefficient (Wildman–Crippen LogP) is 2.92. The average Bonchev–Trinajstić information content (AvgIpc) is 3.35. The molecule has 7 heteroatoms. The van der Waals surface area contributed by atoms with Gasteiger partial charge in [-0.2, -0.15) is 0 Å². The molecular formula is C21H24N4O3. The van der Waals surface area contributed by atoms with E-state index in [1.54, 1.807) is 6.26 Å². The van der Waals surface area contributed by atoms with E-state index in [9.17, 15) is 9.90 Å². The number of benzene rings is 1. The van der Waals surface area contributed by atoms with Gasteiger partial charge in [0.1, 0.15) is 17.2 Å². The number of aryl methyl sites for hydroxylation is 1. The van der Waals surface area contributed by atoms with Gasteiger partial charge in [-0.25, -0.2) is 4.98 Å². The first-order valence-electron chi connectivity index (χ1n) is 9.78. The van der Waals surface area contributed by atoms with Gasteiger partial charge in [0.25, 0.3) is 0 Å². The maximum Gasteiger partial charge on any atom is 0.238 e. The van der Waals surface area contributed by atoms with Crippen LogP contribution in [0.1, 0.15) is 37.3 Å². The fraction of sp³-hybridized carbons (Fsp3) is 0.429. The number of hydrogen-bond acceptors (Lipinski definition) is 5. The Morgan fingerprint density at radius 1 is 1.36 bits per heavy atom. The standard InChI is InChI=1S/C21H24N4O3/c1-13-22-17-7-4-14(9-18(17)23-13)24-20(26)12-25-15-5-6-16(25)11-21(27,10-15)19-3-2-8-28-19/h2-4,7-9,15-16,27H,5-6,10-12H2,1H3,(H,22,23)(H,24,26). The van der Waals surface area contributed by atoms with E-state index < -0.39 is 5.60 Å². The minimum Gasteiger partial charge on any atom is -0.466 e. The van der Waals surface area contributed by atoms with Gasteiger partial charge in [-0.05, 0) is 62.9 Å². The number of nitrogens with zero attached hydrogens (tertiary/aromatic N) is 2. The Bertz CT molecular complexity index is 996. The first-order valence-corrected chi connectivity index (χ1v) is 9.78. The Hall–Kier alpha value is -2.64. The highest BCUT2D eigenvalue weighted by atomic mass is 16.4. The number of H-pyrrole nitrogens is 1. The van der Waals surface area contributed by atoms with Crippen LogP contribution in [0.25, 0.3) is 11.0 Å². The summed E-state index contributed by atoms with van der Waals surface area (Å²) in [7, 11) is 0. The largest absolute Gasteiger partial charge is 0.466 e. The molecule has 28 heavy (non-hydrogen) atoms. The normalized spacial score (nSPS) is 27.4. The van der Waals surface area contributed by atoms with E-state index in [4.69, 9.17) is 4.42 Å². The molecule has 146 valence electrons. The van der Waals surface area contributed by atoms with Crippen molar-refractivity contribution in [2.24, 2.45) is 0 Å². The summed E-state index contributed by atoms with van der Waals surface area (Å²) in [4.78, 5) is 22.5. The second-order valence-corrected chi connectivity index (χ2v) is 8.08. The fourth-order valence-electron chi connectivity index (χ4n) is 4.90. The number of aliphatic hydroxyl groups is 1. The van der Waals surface area contributed by atoms with Crippen LogP contribution in [0.15, 0.2) is 41.0 Å². The number of aromatic nitrogens is 2. The van der Waals surface area contributed by atoms with Crippen LogP contribution < -0.4 is 5.32 Å². The van der Waals surface area contributed by atoms with Gasteiger partial charge in [0.15, 0.2) is 0 Å². The molecule has 0 spiro atoms. The molecule has 2 aliphatic rings. The van der Waals surface area contributed by atoms with Gasteiger partial charge in [0, 0.05) is 17.8 Å². The molecule has 1 amide bonds. The summed E-state index contributed by atoms with van der Waals surface area (Å²) in [6, 6.07) is 9.73. The number of rotatable bonds is 4. The lowest BCUT2D eigenvalue weighted by Gasteiger charge is -2.42. The third kappa shape index (κ3) is 3.00. The monoisotopic (exact) mass is 380 g/mol. The molecule has 5 rings (SSSR count). The second kappa shape index (κ2) is 6.46. The topological polar surface area (TPSA) is 94.4 Å². The van der Waals surface area contributed by atoms with Crippen molar-refractivity contribution < 1.29 is 14.3 Å². The molecule has 2 aliphatic heterocycles. The van der Waals surface area contributed by atoms with Crippen LogP contribution in [0, 0.1) is 6.92 Å². The van der Waals surface area contributed by atoms with Gasteiger partial charge in [-0.1, -0.05) is 0 Å². The zero-order chi connectivity index (χ0) is 19.3. The lowest BCUT2D eigenvalue weighted by Crippen LogP contribution is -2.51. The maximum absolute atomic E-state index is 12.7. The van der Waals surface area contributed by atoms with E-state index in [1.807, 2.05) is 37.3 Å². The molecule has 2 fully saturated rings. The minimum atomic E-state index is -0.925. The van der Waals surface area contributed by atoms with Crippen LogP contribution in [-0.4, -0.2) is 44.5 Å². The molecule has 7 nitrogen and oxygen atoms in total. The number of carbonyl (C=O) groups excluding carboxylic acids is 1. The third-order valence-corrected chi connectivity index (χ3v) is 6.11. The number of fused-ring (bicyclic) bond motifs is 3. The lowest BCUT2D eigenvalue weighted by atomic mass is 9.84. The lowest BCUT2D eigenvalue weighted by molar-refractivity contribution is -0.121. The van der Waals surface area contributed by atoms with Crippen molar-refractivity contribution in [3.63, 3.8) is 0 Å². The highest BCUT2D eigenvalue weighted by molar-refractivity contribution is 5.94. The van der Waals surface area contributed by atoms with Gasteiger partial charge in [-0.15, -0.1) is 0 Å². The molecule has 0 radical (unpaired) electrons. The molecule has 2 atom stereocenters. The molecule has 2 aromatic heterocycles. The van der Waals surface area contributed by atoms with E-state index >= 15 is 0 Å². The minimum absolute atomic E-state index is 0.0316. The van der Waals surface area contributed by atoms with Gasteiger partial charge >= 0.3 is 0 Å². The van der Waals surface area contributed by atoms with Gasteiger partial charge in [0.2, 0.25) is 5.91 Å². The Morgan fingerprint density at radius 2 is 2.14 bits per heavy atom. The van der Waals surface area contributed by atoms with Gasteiger partial charge in [-0.3, -0.25) is 9.69 Å². The Kier molecular flexibility index (Phi) is 4.03. The van der Waals surface area contributed by atoms with Crippen LogP contribution in [0.3, 0.4) is 0 Å². The van der Waals surface area contributed by atoms with Crippen LogP contribution in [0.4, 0.5) is 5.69 Å². The van der Waals surface area contributed by atoms with E-state index in [1.165, 1.54) is 0 Å². The molecule has 2 unspecified atom stereocenters. The van der Waals surface area contributed by atoms with Crippen LogP contribution >= 0.6 is 0 Å². The number of hydrogen-bond donors (Lipinski definition) is 3. The smallest absolute Gasteiger partial charge is 0.238 e. The molecule has 0 saturated carbocycles. The van der Waals surface area contributed by atoms with Crippen LogP contribution in [-0.2, 0) is 10.4 Å². The summed E-state index contributed by atoms with van der Waals surface area (Å²) in [5.74, 6) is 1.46. The third-order valence-electron chi connectivity index (χ3n) is 6.11. The number of furan rings is 1. The molecule has 3 aromatic rings. The second-order valence-electron chi connectivity index (χ2n) is 8.08. The fourth-order valence-corrected chi connectivity index (χ4v) is 4.90. The molecule has 0 aliphatic carbocycles. The molecular weight excluding hydrogens is 356 g/mol. The summed E-state index contributed by atoms with van der Waals surface area (Å²) in [5, 5.41) is 14.1. The Labute approximate surface area is 162 Å². The number of piperidine rings is 1. The highest BCUT2D eigenvalue weighted by Crippen LogP contribution is 2.45. The van der Waals surface area contributed by atoms with Crippen molar-refractivity contribution >= 4 is 22.6 Å².